The Morgan fingerprint density at radius 3 is 2.61 bits per heavy atom. The molecule has 3 aliphatic rings. The Morgan fingerprint density at radius 1 is 1.26 bits per heavy atom. The van der Waals surface area contributed by atoms with Gasteiger partial charge in [0, 0.05) is 19.0 Å². The van der Waals surface area contributed by atoms with Gasteiger partial charge in [0.15, 0.2) is 17.3 Å². The maximum absolute atomic E-state index is 12.4. The Morgan fingerprint density at radius 2 is 2.00 bits per heavy atom. The highest BCUT2D eigenvalue weighted by Gasteiger charge is 2.36. The van der Waals surface area contributed by atoms with Crippen LogP contribution in [-0.4, -0.2) is 37.5 Å². The summed E-state index contributed by atoms with van der Waals surface area (Å²) < 4.78 is 11.2. The smallest absolute Gasteiger partial charge is 0.182 e. The van der Waals surface area contributed by atoms with Gasteiger partial charge in [0.25, 0.3) is 0 Å². The number of Topliss-reactive ketones (excluding diaryl/α,β-unsaturated/α-hetero) is 1. The molecule has 4 nitrogen and oxygen atoms in total. The van der Waals surface area contributed by atoms with Crippen LogP contribution in [0.5, 0.6) is 11.5 Å². The van der Waals surface area contributed by atoms with Crippen LogP contribution in [0.25, 0.3) is 6.08 Å². The maximum Gasteiger partial charge on any atom is 0.182 e. The second kappa shape index (κ2) is 6.65. The van der Waals surface area contributed by atoms with E-state index in [0.717, 1.165) is 42.9 Å². The number of methoxy groups -OCH3 is 1. The van der Waals surface area contributed by atoms with Gasteiger partial charge in [0.1, 0.15) is 0 Å². The fourth-order valence-corrected chi connectivity index (χ4v) is 3.22. The molecule has 4 rings (SSSR count). The van der Waals surface area contributed by atoms with Crippen molar-refractivity contribution in [3.05, 3.63) is 29.5 Å². The van der Waals surface area contributed by atoms with Crippen molar-refractivity contribution in [2.75, 3.05) is 26.8 Å². The van der Waals surface area contributed by atoms with Gasteiger partial charge in [-0.1, -0.05) is 19.9 Å². The predicted molar refractivity (Wildman–Crippen MR) is 90.6 cm³/mol. The van der Waals surface area contributed by atoms with Gasteiger partial charge < -0.3 is 14.4 Å². The molecule has 0 aliphatic carbocycles. The molecule has 0 N–H and O–H groups in total. The van der Waals surface area contributed by atoms with Crippen molar-refractivity contribution >= 4 is 11.9 Å². The summed E-state index contributed by atoms with van der Waals surface area (Å²) in [5.74, 6) is 2.44. The lowest BCUT2D eigenvalue weighted by Gasteiger charge is -2.41. The van der Waals surface area contributed by atoms with Crippen LogP contribution in [0.3, 0.4) is 0 Å². The van der Waals surface area contributed by atoms with E-state index in [0.29, 0.717) is 24.1 Å². The number of benzene rings is 1. The molecule has 4 heteroatoms. The SMILES string of the molecule is COc1cc(/C=C2\C(=O)C3CCN2CC3)ccc1OCC(C)C. The van der Waals surface area contributed by atoms with Crippen molar-refractivity contribution in [3.63, 3.8) is 0 Å². The van der Waals surface area contributed by atoms with Gasteiger partial charge in [-0.2, -0.15) is 0 Å². The average molecular weight is 315 g/mol. The molecular weight excluding hydrogens is 290 g/mol. The van der Waals surface area contributed by atoms with Crippen LogP contribution in [-0.2, 0) is 4.79 Å². The lowest BCUT2D eigenvalue weighted by Crippen LogP contribution is -2.45. The zero-order valence-electron chi connectivity index (χ0n) is 14.2. The van der Waals surface area contributed by atoms with E-state index < -0.39 is 0 Å². The second-order valence-corrected chi connectivity index (χ2v) is 6.77. The number of hydrogen-bond acceptors (Lipinski definition) is 4. The largest absolute Gasteiger partial charge is 0.493 e. The van der Waals surface area contributed by atoms with Crippen LogP contribution in [0.1, 0.15) is 32.3 Å². The summed E-state index contributed by atoms with van der Waals surface area (Å²) in [6.07, 6.45) is 3.99. The number of allylic oxidation sites excluding steroid dienone is 1. The van der Waals surface area contributed by atoms with Crippen molar-refractivity contribution in [1.82, 2.24) is 4.90 Å². The van der Waals surface area contributed by atoms with Gasteiger partial charge in [0.2, 0.25) is 0 Å². The van der Waals surface area contributed by atoms with Crippen molar-refractivity contribution < 1.29 is 14.3 Å². The Bertz CT molecular complexity index is 613. The molecule has 0 aromatic heterocycles. The number of carbonyl (C=O) groups is 1. The summed E-state index contributed by atoms with van der Waals surface area (Å²) in [7, 11) is 1.64. The quantitative estimate of drug-likeness (QED) is 0.781. The van der Waals surface area contributed by atoms with E-state index in [-0.39, 0.29) is 5.92 Å². The number of fused-ring (bicyclic) bond motifs is 3. The molecule has 2 bridgehead atoms. The zero-order chi connectivity index (χ0) is 16.4. The molecule has 0 saturated carbocycles. The van der Waals surface area contributed by atoms with Gasteiger partial charge in [-0.15, -0.1) is 0 Å². The molecule has 0 unspecified atom stereocenters. The minimum Gasteiger partial charge on any atom is -0.493 e. The van der Waals surface area contributed by atoms with Crippen molar-refractivity contribution in [2.24, 2.45) is 11.8 Å². The summed E-state index contributed by atoms with van der Waals surface area (Å²) in [4.78, 5) is 14.6. The molecule has 3 aliphatic heterocycles. The number of ether oxygens (including phenoxy) is 2. The molecule has 3 fully saturated rings. The highest BCUT2D eigenvalue weighted by Crippen LogP contribution is 2.34. The molecule has 0 amide bonds. The maximum atomic E-state index is 12.4. The number of piperidine rings is 3. The Hall–Kier alpha value is -1.97. The molecule has 0 atom stereocenters. The van der Waals surface area contributed by atoms with Crippen LogP contribution in [0.4, 0.5) is 0 Å². The first-order valence-corrected chi connectivity index (χ1v) is 8.40. The highest BCUT2D eigenvalue weighted by atomic mass is 16.5. The van der Waals surface area contributed by atoms with E-state index in [1.807, 2.05) is 24.3 Å². The first-order valence-electron chi connectivity index (χ1n) is 8.40. The third kappa shape index (κ3) is 3.36. The second-order valence-electron chi connectivity index (χ2n) is 6.77. The third-order valence-corrected chi connectivity index (χ3v) is 4.52. The third-order valence-electron chi connectivity index (χ3n) is 4.52. The first kappa shape index (κ1) is 15.9. The molecule has 1 aromatic rings. The average Bonchev–Trinajstić information content (AvgIpc) is 2.57. The molecule has 23 heavy (non-hydrogen) atoms. The number of carbonyl (C=O) groups excluding carboxylic acids is 1. The van der Waals surface area contributed by atoms with E-state index in [4.69, 9.17) is 9.47 Å². The minimum absolute atomic E-state index is 0.224. The topological polar surface area (TPSA) is 38.8 Å². The van der Waals surface area contributed by atoms with E-state index in [1.54, 1.807) is 7.11 Å². The van der Waals surface area contributed by atoms with Crippen LogP contribution in [0.15, 0.2) is 23.9 Å². The number of ketones is 1. The zero-order valence-corrected chi connectivity index (χ0v) is 14.2. The Balaban J connectivity index is 1.83. The van der Waals surface area contributed by atoms with E-state index in [9.17, 15) is 4.79 Å². The standard InChI is InChI=1S/C19H25NO3/c1-13(2)12-23-17-5-4-14(11-18(17)22-3)10-16-19(21)15-6-8-20(16)9-7-15/h4-5,10-11,13,15H,6-9,12H2,1-3H3/b16-10+. The normalized spacial score (nSPS) is 19.7. The molecule has 124 valence electrons. The molecular formula is C19H25NO3. The lowest BCUT2D eigenvalue weighted by atomic mass is 9.84. The lowest BCUT2D eigenvalue weighted by molar-refractivity contribution is -0.125. The van der Waals surface area contributed by atoms with Gasteiger partial charge in [-0.3, -0.25) is 4.79 Å². The summed E-state index contributed by atoms with van der Waals surface area (Å²) in [6.45, 7) is 6.88. The number of nitrogens with zero attached hydrogens (tertiary/aromatic N) is 1. The van der Waals surface area contributed by atoms with Crippen molar-refractivity contribution in [3.8, 4) is 11.5 Å². The molecule has 1 aromatic carbocycles. The summed E-state index contributed by atoms with van der Waals surface area (Å²) in [5.41, 5.74) is 1.83. The highest BCUT2D eigenvalue weighted by molar-refractivity contribution is 6.01. The molecule has 0 radical (unpaired) electrons. The summed E-state index contributed by atoms with van der Waals surface area (Å²) in [6, 6.07) is 5.86. The number of hydrogen-bond donors (Lipinski definition) is 0. The monoisotopic (exact) mass is 315 g/mol. The van der Waals surface area contributed by atoms with Gasteiger partial charge in [0.05, 0.1) is 19.4 Å². The predicted octanol–water partition coefficient (Wildman–Crippen LogP) is 3.37. The Kier molecular flexibility index (Phi) is 4.60. The van der Waals surface area contributed by atoms with Crippen molar-refractivity contribution in [2.45, 2.75) is 26.7 Å². The summed E-state index contributed by atoms with van der Waals surface area (Å²) >= 11 is 0. The summed E-state index contributed by atoms with van der Waals surface area (Å²) in [5, 5.41) is 0. The molecule has 0 spiro atoms. The van der Waals surface area contributed by atoms with Gasteiger partial charge in [-0.05, 0) is 42.5 Å². The number of rotatable bonds is 5. The van der Waals surface area contributed by atoms with Crippen LogP contribution in [0, 0.1) is 11.8 Å². The van der Waals surface area contributed by atoms with E-state index in [2.05, 4.69) is 18.7 Å². The van der Waals surface area contributed by atoms with Crippen LogP contribution < -0.4 is 9.47 Å². The van der Waals surface area contributed by atoms with E-state index >= 15 is 0 Å². The fourth-order valence-electron chi connectivity index (χ4n) is 3.22. The molecule has 3 heterocycles. The fraction of sp³-hybridized carbons (Fsp3) is 0.526. The van der Waals surface area contributed by atoms with Crippen LogP contribution in [0.2, 0.25) is 0 Å². The molecule has 3 saturated heterocycles. The van der Waals surface area contributed by atoms with Crippen molar-refractivity contribution in [1.29, 1.82) is 0 Å². The Labute approximate surface area is 138 Å². The van der Waals surface area contributed by atoms with E-state index in [1.165, 1.54) is 0 Å². The minimum atomic E-state index is 0.224. The van der Waals surface area contributed by atoms with Gasteiger partial charge in [-0.25, -0.2) is 0 Å². The first-order chi connectivity index (χ1) is 11.1. The van der Waals surface area contributed by atoms with Crippen LogP contribution >= 0.6 is 0 Å². The van der Waals surface area contributed by atoms with Gasteiger partial charge >= 0.3 is 0 Å².